The second kappa shape index (κ2) is 7.62. The van der Waals surface area contributed by atoms with E-state index >= 15 is 0 Å². The predicted octanol–water partition coefficient (Wildman–Crippen LogP) is 3.85. The number of benzene rings is 1. The second-order valence-electron chi connectivity index (χ2n) is 5.53. The molecule has 0 bridgehead atoms. The van der Waals surface area contributed by atoms with Gasteiger partial charge < -0.3 is 10.6 Å². The van der Waals surface area contributed by atoms with Gasteiger partial charge in [0.15, 0.2) is 0 Å². The summed E-state index contributed by atoms with van der Waals surface area (Å²) >= 11 is 13.4. The standard InChI is InChI=1S/C16H17Cl2N3OS/c17-12-2-1-10(7-13(12)18)8-20-15(22)14-9-23-16(21-14)11-3-5-19-6-4-11/h1-2,7,9,11,19H,3-6,8H2,(H,20,22). The van der Waals surface area contributed by atoms with Crippen LogP contribution in [0.4, 0.5) is 0 Å². The van der Waals surface area contributed by atoms with Crippen molar-refractivity contribution in [3.63, 3.8) is 0 Å². The zero-order valence-corrected chi connectivity index (χ0v) is 14.8. The van der Waals surface area contributed by atoms with Crippen molar-refractivity contribution in [3.8, 4) is 0 Å². The van der Waals surface area contributed by atoms with Gasteiger partial charge in [0.2, 0.25) is 0 Å². The van der Waals surface area contributed by atoms with Crippen molar-refractivity contribution in [2.45, 2.75) is 25.3 Å². The Hall–Kier alpha value is -1.14. The molecule has 1 amide bonds. The Labute approximate surface area is 149 Å². The van der Waals surface area contributed by atoms with Crippen molar-refractivity contribution in [2.75, 3.05) is 13.1 Å². The Morgan fingerprint density at radius 2 is 2.09 bits per heavy atom. The normalized spacial score (nSPS) is 15.6. The van der Waals surface area contributed by atoms with Crippen LogP contribution < -0.4 is 10.6 Å². The molecule has 3 rings (SSSR count). The van der Waals surface area contributed by atoms with Crippen LogP contribution in [-0.4, -0.2) is 24.0 Å². The zero-order chi connectivity index (χ0) is 16.2. The monoisotopic (exact) mass is 369 g/mol. The van der Waals surface area contributed by atoms with Crippen LogP contribution in [0.15, 0.2) is 23.6 Å². The fourth-order valence-corrected chi connectivity index (χ4v) is 3.86. The number of amides is 1. The van der Waals surface area contributed by atoms with E-state index in [0.29, 0.717) is 28.2 Å². The summed E-state index contributed by atoms with van der Waals surface area (Å²) < 4.78 is 0. The van der Waals surface area contributed by atoms with Gasteiger partial charge in [-0.05, 0) is 43.6 Å². The molecule has 23 heavy (non-hydrogen) atoms. The molecule has 1 saturated heterocycles. The number of rotatable bonds is 4. The van der Waals surface area contributed by atoms with Crippen molar-refractivity contribution in [1.29, 1.82) is 0 Å². The molecule has 1 aromatic heterocycles. The number of carbonyl (C=O) groups excluding carboxylic acids is 1. The van der Waals surface area contributed by atoms with Crippen molar-refractivity contribution in [1.82, 2.24) is 15.6 Å². The molecule has 0 spiro atoms. The number of piperidine rings is 1. The molecule has 1 aliphatic heterocycles. The van der Waals surface area contributed by atoms with Crippen LogP contribution in [0.1, 0.15) is 39.8 Å². The number of thiazole rings is 1. The summed E-state index contributed by atoms with van der Waals surface area (Å²) in [5, 5.41) is 10.1. The lowest BCUT2D eigenvalue weighted by Crippen LogP contribution is -2.27. The van der Waals surface area contributed by atoms with E-state index in [-0.39, 0.29) is 5.91 Å². The van der Waals surface area contributed by atoms with Crippen molar-refractivity contribution in [3.05, 3.63) is 49.9 Å². The van der Waals surface area contributed by atoms with E-state index in [1.165, 1.54) is 0 Å². The van der Waals surface area contributed by atoms with Gasteiger partial charge >= 0.3 is 0 Å². The average molecular weight is 370 g/mol. The zero-order valence-electron chi connectivity index (χ0n) is 12.4. The molecule has 2 N–H and O–H groups in total. The first-order chi connectivity index (χ1) is 11.1. The van der Waals surface area contributed by atoms with Gasteiger partial charge in [-0.25, -0.2) is 4.98 Å². The van der Waals surface area contributed by atoms with E-state index in [0.717, 1.165) is 36.5 Å². The third-order valence-corrected chi connectivity index (χ3v) is 5.63. The molecule has 2 aromatic rings. The van der Waals surface area contributed by atoms with Gasteiger partial charge in [0.25, 0.3) is 5.91 Å². The summed E-state index contributed by atoms with van der Waals surface area (Å²) in [5.41, 5.74) is 1.39. The first-order valence-electron chi connectivity index (χ1n) is 7.52. The van der Waals surface area contributed by atoms with Gasteiger partial charge in [-0.1, -0.05) is 29.3 Å². The quantitative estimate of drug-likeness (QED) is 0.860. The maximum atomic E-state index is 12.2. The van der Waals surface area contributed by atoms with Crippen molar-refractivity contribution < 1.29 is 4.79 Å². The Morgan fingerprint density at radius 1 is 1.30 bits per heavy atom. The second-order valence-corrected chi connectivity index (χ2v) is 7.23. The first kappa shape index (κ1) is 16.7. The topological polar surface area (TPSA) is 54.0 Å². The minimum atomic E-state index is -0.160. The number of hydrogen-bond acceptors (Lipinski definition) is 4. The van der Waals surface area contributed by atoms with Crippen LogP contribution in [0.2, 0.25) is 10.0 Å². The van der Waals surface area contributed by atoms with Crippen LogP contribution in [-0.2, 0) is 6.54 Å². The number of halogens is 2. The minimum Gasteiger partial charge on any atom is -0.347 e. The van der Waals surface area contributed by atoms with E-state index in [4.69, 9.17) is 23.2 Å². The Balaban J connectivity index is 1.59. The minimum absolute atomic E-state index is 0.160. The summed E-state index contributed by atoms with van der Waals surface area (Å²) in [6.07, 6.45) is 2.16. The number of nitrogens with one attached hydrogen (secondary N) is 2. The smallest absolute Gasteiger partial charge is 0.271 e. The van der Waals surface area contributed by atoms with E-state index in [1.807, 2.05) is 11.4 Å². The lowest BCUT2D eigenvalue weighted by Gasteiger charge is -2.20. The largest absolute Gasteiger partial charge is 0.347 e. The van der Waals surface area contributed by atoms with E-state index in [1.54, 1.807) is 23.5 Å². The summed E-state index contributed by atoms with van der Waals surface area (Å²) in [5.74, 6) is 0.311. The molecule has 0 radical (unpaired) electrons. The fraction of sp³-hybridized carbons (Fsp3) is 0.375. The molecule has 1 aromatic carbocycles. The van der Waals surface area contributed by atoms with Gasteiger partial charge in [-0.15, -0.1) is 11.3 Å². The molecular weight excluding hydrogens is 353 g/mol. The third-order valence-electron chi connectivity index (χ3n) is 3.88. The Morgan fingerprint density at radius 3 is 2.83 bits per heavy atom. The number of carbonyl (C=O) groups is 1. The van der Waals surface area contributed by atoms with Gasteiger partial charge in [-0.3, -0.25) is 4.79 Å². The number of nitrogens with zero attached hydrogens (tertiary/aromatic N) is 1. The highest BCUT2D eigenvalue weighted by Gasteiger charge is 2.20. The van der Waals surface area contributed by atoms with Gasteiger partial charge in [-0.2, -0.15) is 0 Å². The molecule has 0 aliphatic carbocycles. The van der Waals surface area contributed by atoms with Gasteiger partial charge in [0.1, 0.15) is 5.69 Å². The Kier molecular flexibility index (Phi) is 5.54. The molecule has 0 atom stereocenters. The highest BCUT2D eigenvalue weighted by Crippen LogP contribution is 2.28. The van der Waals surface area contributed by atoms with E-state index in [2.05, 4.69) is 15.6 Å². The van der Waals surface area contributed by atoms with Gasteiger partial charge in [0.05, 0.1) is 15.1 Å². The average Bonchev–Trinajstić information content (AvgIpc) is 3.06. The molecular formula is C16H17Cl2N3OS. The molecule has 122 valence electrons. The van der Waals surface area contributed by atoms with Gasteiger partial charge in [0, 0.05) is 17.8 Å². The maximum absolute atomic E-state index is 12.2. The van der Waals surface area contributed by atoms with E-state index < -0.39 is 0 Å². The van der Waals surface area contributed by atoms with Crippen LogP contribution in [0, 0.1) is 0 Å². The SMILES string of the molecule is O=C(NCc1ccc(Cl)c(Cl)c1)c1csc(C2CCNCC2)n1. The lowest BCUT2D eigenvalue weighted by atomic mass is 9.99. The highest BCUT2D eigenvalue weighted by atomic mass is 35.5. The molecule has 0 saturated carbocycles. The predicted molar refractivity (Wildman–Crippen MR) is 94.6 cm³/mol. The van der Waals surface area contributed by atoms with Crippen molar-refractivity contribution in [2.24, 2.45) is 0 Å². The van der Waals surface area contributed by atoms with Crippen LogP contribution in [0.3, 0.4) is 0 Å². The molecule has 4 nitrogen and oxygen atoms in total. The van der Waals surface area contributed by atoms with E-state index in [9.17, 15) is 4.79 Å². The van der Waals surface area contributed by atoms with Crippen molar-refractivity contribution >= 4 is 40.4 Å². The van der Waals surface area contributed by atoms with Crippen LogP contribution >= 0.6 is 34.5 Å². The molecule has 1 fully saturated rings. The molecule has 0 unspecified atom stereocenters. The lowest BCUT2D eigenvalue weighted by molar-refractivity contribution is 0.0946. The summed E-state index contributed by atoms with van der Waals surface area (Å²) in [4.78, 5) is 16.7. The molecule has 7 heteroatoms. The molecule has 2 heterocycles. The third kappa shape index (κ3) is 4.23. The fourth-order valence-electron chi connectivity index (χ4n) is 2.57. The van der Waals surface area contributed by atoms with Crippen LogP contribution in [0.25, 0.3) is 0 Å². The maximum Gasteiger partial charge on any atom is 0.271 e. The number of aromatic nitrogens is 1. The number of hydrogen-bond donors (Lipinski definition) is 2. The first-order valence-corrected chi connectivity index (χ1v) is 9.15. The Bertz CT molecular complexity index is 698. The summed E-state index contributed by atoms with van der Waals surface area (Å²) in [6, 6.07) is 5.32. The highest BCUT2D eigenvalue weighted by molar-refractivity contribution is 7.09. The van der Waals surface area contributed by atoms with Crippen LogP contribution in [0.5, 0.6) is 0 Å². The summed E-state index contributed by atoms with van der Waals surface area (Å²) in [7, 11) is 0. The molecule has 1 aliphatic rings. The summed E-state index contributed by atoms with van der Waals surface area (Å²) in [6.45, 7) is 2.43.